The summed E-state index contributed by atoms with van der Waals surface area (Å²) in [5.41, 5.74) is 0.857. The number of morpholine rings is 1. The van der Waals surface area contributed by atoms with Crippen LogP contribution < -0.4 is 10.0 Å². The van der Waals surface area contributed by atoms with Crippen LogP contribution in [0.3, 0.4) is 0 Å². The van der Waals surface area contributed by atoms with Crippen LogP contribution >= 0.6 is 0 Å². The van der Waals surface area contributed by atoms with Crippen LogP contribution in [-0.4, -0.2) is 64.3 Å². The van der Waals surface area contributed by atoms with Crippen molar-refractivity contribution in [3.05, 3.63) is 24.3 Å². The fraction of sp³-hybridized carbons (Fsp3) is 0.714. The van der Waals surface area contributed by atoms with Crippen molar-refractivity contribution in [1.82, 2.24) is 9.03 Å². The van der Waals surface area contributed by atoms with Crippen LogP contribution in [0.15, 0.2) is 29.2 Å². The van der Waals surface area contributed by atoms with Gasteiger partial charge in [0, 0.05) is 31.9 Å². The number of benzene rings is 1. The molecule has 0 aliphatic carbocycles. The lowest BCUT2D eigenvalue weighted by Gasteiger charge is -2.34. The first-order valence-corrected chi connectivity index (χ1v) is 13.7. The van der Waals surface area contributed by atoms with Crippen molar-refractivity contribution in [2.24, 2.45) is 0 Å². The molecule has 1 aliphatic heterocycles. The number of anilines is 1. The van der Waals surface area contributed by atoms with E-state index in [0.29, 0.717) is 19.6 Å². The maximum atomic E-state index is 12.9. The summed E-state index contributed by atoms with van der Waals surface area (Å²) in [5.74, 6) is 0. The van der Waals surface area contributed by atoms with E-state index >= 15 is 0 Å². The molecule has 1 fully saturated rings. The molecule has 0 bridgehead atoms. The average Bonchev–Trinajstić information content (AvgIpc) is 2.66. The molecule has 2 unspecified atom stereocenters. The minimum absolute atomic E-state index is 0.122. The van der Waals surface area contributed by atoms with Crippen LogP contribution in [0.2, 0.25) is 0 Å². The normalized spacial score (nSPS) is 21.2. The largest absolute Gasteiger partial charge is 0.385 e. The molecular weight excluding hydrogens is 438 g/mol. The van der Waals surface area contributed by atoms with E-state index < -0.39 is 24.8 Å². The van der Waals surface area contributed by atoms with Crippen molar-refractivity contribution in [2.45, 2.75) is 75.7 Å². The molecule has 2 atom stereocenters. The molecule has 1 heterocycles. The summed E-state index contributed by atoms with van der Waals surface area (Å²) in [5, 5.41) is 3.28. The van der Waals surface area contributed by atoms with Gasteiger partial charge in [-0.05, 0) is 71.7 Å². The van der Waals surface area contributed by atoms with Gasteiger partial charge in [0.15, 0.2) is 0 Å². The van der Waals surface area contributed by atoms with Gasteiger partial charge < -0.3 is 10.1 Å². The Kier molecular flexibility index (Phi) is 8.92. The molecule has 0 radical (unpaired) electrons. The Hall–Kier alpha value is -1.20. The van der Waals surface area contributed by atoms with Gasteiger partial charge >= 0.3 is 0 Å². The van der Waals surface area contributed by atoms with E-state index in [-0.39, 0.29) is 17.1 Å². The minimum atomic E-state index is -3.53. The molecule has 0 saturated carbocycles. The van der Waals surface area contributed by atoms with Gasteiger partial charge in [-0.2, -0.15) is 4.31 Å². The molecule has 1 aromatic carbocycles. The number of hydrogen-bond donors (Lipinski definition) is 2. The number of unbranched alkanes of at least 4 members (excludes halogenated alkanes) is 2. The number of hydrogen-bond acceptors (Lipinski definition) is 6. The van der Waals surface area contributed by atoms with Crippen LogP contribution in [-0.2, 0) is 24.8 Å². The molecule has 10 heteroatoms. The van der Waals surface area contributed by atoms with Crippen molar-refractivity contribution < 1.29 is 21.6 Å². The Morgan fingerprint density at radius 3 is 2.03 bits per heavy atom. The minimum Gasteiger partial charge on any atom is -0.385 e. The van der Waals surface area contributed by atoms with Gasteiger partial charge in [-0.15, -0.1) is 0 Å². The Bertz CT molecular complexity index is 899. The lowest BCUT2D eigenvalue weighted by atomic mass is 10.2. The Labute approximate surface area is 187 Å². The van der Waals surface area contributed by atoms with E-state index in [1.54, 1.807) is 45.0 Å². The van der Waals surface area contributed by atoms with Gasteiger partial charge in [-0.25, -0.2) is 21.6 Å². The van der Waals surface area contributed by atoms with Crippen LogP contribution in [0.25, 0.3) is 0 Å². The van der Waals surface area contributed by atoms with Crippen molar-refractivity contribution in [1.29, 1.82) is 0 Å². The van der Waals surface area contributed by atoms with Crippen LogP contribution in [0.5, 0.6) is 0 Å². The molecule has 0 spiro atoms. The number of rotatable bonds is 10. The van der Waals surface area contributed by atoms with E-state index in [9.17, 15) is 16.8 Å². The molecule has 2 rings (SSSR count). The van der Waals surface area contributed by atoms with E-state index in [0.717, 1.165) is 31.5 Å². The smallest absolute Gasteiger partial charge is 0.243 e. The van der Waals surface area contributed by atoms with E-state index in [4.69, 9.17) is 4.74 Å². The Morgan fingerprint density at radius 2 is 1.48 bits per heavy atom. The van der Waals surface area contributed by atoms with Crippen molar-refractivity contribution in [2.75, 3.05) is 31.5 Å². The lowest BCUT2D eigenvalue weighted by molar-refractivity contribution is -0.0440. The molecular formula is C21H37N3O5S2. The second-order valence-corrected chi connectivity index (χ2v) is 13.6. The number of sulfonamides is 2. The number of nitrogens with zero attached hydrogens (tertiary/aromatic N) is 1. The third kappa shape index (κ3) is 7.42. The summed E-state index contributed by atoms with van der Waals surface area (Å²) >= 11 is 0. The number of nitrogens with one attached hydrogen (secondary N) is 2. The molecule has 0 aromatic heterocycles. The quantitative estimate of drug-likeness (QED) is 0.504. The molecule has 31 heavy (non-hydrogen) atoms. The van der Waals surface area contributed by atoms with Gasteiger partial charge in [-0.1, -0.05) is 6.42 Å². The summed E-state index contributed by atoms with van der Waals surface area (Å²) in [6.07, 6.45) is 2.30. The first kappa shape index (κ1) is 26.1. The summed E-state index contributed by atoms with van der Waals surface area (Å²) in [7, 11) is -6.82. The first-order valence-electron chi connectivity index (χ1n) is 10.8. The predicted molar refractivity (Wildman–Crippen MR) is 124 cm³/mol. The summed E-state index contributed by atoms with van der Waals surface area (Å²) in [6, 6.07) is 6.81. The molecule has 0 amide bonds. The molecule has 1 aliphatic rings. The van der Waals surface area contributed by atoms with Crippen LogP contribution in [0.1, 0.15) is 53.9 Å². The maximum absolute atomic E-state index is 12.9. The molecule has 8 nitrogen and oxygen atoms in total. The highest BCUT2D eigenvalue weighted by atomic mass is 32.2. The highest BCUT2D eigenvalue weighted by Crippen LogP contribution is 2.22. The van der Waals surface area contributed by atoms with Gasteiger partial charge in [0.1, 0.15) is 0 Å². The molecule has 1 aromatic rings. The zero-order valence-corrected chi connectivity index (χ0v) is 20.9. The van der Waals surface area contributed by atoms with Crippen molar-refractivity contribution in [3.8, 4) is 0 Å². The monoisotopic (exact) mass is 475 g/mol. The van der Waals surface area contributed by atoms with Crippen molar-refractivity contribution >= 4 is 25.7 Å². The summed E-state index contributed by atoms with van der Waals surface area (Å²) in [4.78, 5) is 0.283. The average molecular weight is 476 g/mol. The molecule has 178 valence electrons. The highest BCUT2D eigenvalue weighted by Gasteiger charge is 2.32. The zero-order chi connectivity index (χ0) is 23.3. The second-order valence-electron chi connectivity index (χ2n) is 9.10. The fourth-order valence-corrected chi connectivity index (χ4v) is 5.74. The van der Waals surface area contributed by atoms with Gasteiger partial charge in [-0.3, -0.25) is 0 Å². The van der Waals surface area contributed by atoms with Gasteiger partial charge in [0.05, 0.1) is 21.9 Å². The highest BCUT2D eigenvalue weighted by molar-refractivity contribution is 7.90. The van der Waals surface area contributed by atoms with Gasteiger partial charge in [0.2, 0.25) is 20.0 Å². The van der Waals surface area contributed by atoms with Crippen molar-refractivity contribution in [3.63, 3.8) is 0 Å². The van der Waals surface area contributed by atoms with Gasteiger partial charge in [0.25, 0.3) is 0 Å². The molecule has 1 saturated heterocycles. The van der Waals surface area contributed by atoms with Crippen LogP contribution in [0.4, 0.5) is 5.69 Å². The summed E-state index contributed by atoms with van der Waals surface area (Å²) in [6.45, 7) is 10.7. The maximum Gasteiger partial charge on any atom is 0.243 e. The van der Waals surface area contributed by atoms with E-state index in [2.05, 4.69) is 10.0 Å². The Morgan fingerprint density at radius 1 is 0.935 bits per heavy atom. The molecule has 2 N–H and O–H groups in total. The first-order chi connectivity index (χ1) is 14.3. The third-order valence-corrected chi connectivity index (χ3v) is 9.20. The second kappa shape index (κ2) is 10.6. The topological polar surface area (TPSA) is 105 Å². The van der Waals surface area contributed by atoms with E-state index in [1.165, 1.54) is 4.31 Å². The lowest BCUT2D eigenvalue weighted by Crippen LogP contribution is -2.48. The zero-order valence-electron chi connectivity index (χ0n) is 19.2. The Balaban J connectivity index is 1.75. The van der Waals surface area contributed by atoms with E-state index in [1.807, 2.05) is 13.8 Å². The predicted octanol–water partition coefficient (Wildman–Crippen LogP) is 2.78. The SMILES string of the molecule is CC1CN(S(=O)(=O)c2ccc(NCCCCCNS(=O)(=O)C(C)(C)C)cc2)CC(C)O1. The third-order valence-electron chi connectivity index (χ3n) is 5.16. The number of ether oxygens (including phenoxy) is 1. The fourth-order valence-electron chi connectivity index (χ4n) is 3.30. The standard InChI is InChI=1S/C21H37N3O5S2/c1-17-15-24(16-18(2)29-17)30(25,26)20-11-9-19(10-12-20)22-13-7-6-8-14-23-31(27,28)21(3,4)5/h9-12,17-18,22-23H,6-8,13-16H2,1-5H3. The van der Waals surface area contributed by atoms with Crippen LogP contribution in [0, 0.1) is 0 Å². The summed E-state index contributed by atoms with van der Waals surface area (Å²) < 4.78 is 58.7.